The van der Waals surface area contributed by atoms with Gasteiger partial charge in [0.05, 0.1) is 0 Å². The molecule has 0 fully saturated rings. The van der Waals surface area contributed by atoms with Crippen molar-refractivity contribution >= 4 is 11.6 Å². The average molecular weight is 164 g/mol. The van der Waals surface area contributed by atoms with Crippen LogP contribution in [0.4, 0.5) is 0 Å². The van der Waals surface area contributed by atoms with E-state index in [-0.39, 0.29) is 11.6 Å². The number of Topliss-reactive ketones (excluding diaryl/α,β-unsaturated/α-hetero) is 1. The fourth-order valence-electron chi connectivity index (χ4n) is 1.54. The first-order valence-electron chi connectivity index (χ1n) is 3.93. The molecule has 1 aliphatic carbocycles. The minimum absolute atomic E-state index is 0.0718. The van der Waals surface area contributed by atoms with Crippen molar-refractivity contribution in [1.29, 1.82) is 0 Å². The highest BCUT2D eigenvalue weighted by atomic mass is 16.1. The topological polar surface area (TPSA) is 34.1 Å². The lowest BCUT2D eigenvalue weighted by Gasteiger charge is -2.15. The first kappa shape index (κ1) is 8.91. The second-order valence-electron chi connectivity index (χ2n) is 3.22. The molecule has 0 bridgehead atoms. The van der Waals surface area contributed by atoms with Crippen LogP contribution in [0.3, 0.4) is 0 Å². The zero-order valence-electron chi connectivity index (χ0n) is 7.55. The number of carbonyl (C=O) groups excluding carboxylic acids is 2. The molecular formula is C10H12O2. The van der Waals surface area contributed by atoms with Gasteiger partial charge >= 0.3 is 0 Å². The Labute approximate surface area is 72.0 Å². The van der Waals surface area contributed by atoms with Gasteiger partial charge in [0.2, 0.25) is 0 Å². The Kier molecular flexibility index (Phi) is 2.27. The van der Waals surface area contributed by atoms with Gasteiger partial charge in [-0.1, -0.05) is 11.6 Å². The van der Waals surface area contributed by atoms with Crippen LogP contribution in [0.1, 0.15) is 20.8 Å². The molecule has 1 unspecified atom stereocenters. The highest BCUT2D eigenvalue weighted by Gasteiger charge is 2.25. The van der Waals surface area contributed by atoms with Gasteiger partial charge in [-0.25, -0.2) is 0 Å². The number of hydrogen-bond donors (Lipinski definition) is 0. The number of carbonyl (C=O) groups is 2. The van der Waals surface area contributed by atoms with Crippen molar-refractivity contribution < 1.29 is 9.59 Å². The summed E-state index contributed by atoms with van der Waals surface area (Å²) in [5.74, 6) is -0.675. The maximum Gasteiger partial charge on any atom is 0.170 e. The normalized spacial score (nSPS) is 23.2. The quantitative estimate of drug-likeness (QED) is 0.552. The first-order chi connectivity index (χ1) is 5.52. The lowest BCUT2D eigenvalue weighted by molar-refractivity contribution is -0.127. The molecule has 0 N–H and O–H groups in total. The molecule has 2 heteroatoms. The van der Waals surface area contributed by atoms with Crippen LogP contribution < -0.4 is 0 Å². The van der Waals surface area contributed by atoms with Crippen LogP contribution in [0, 0.1) is 5.92 Å². The fraction of sp³-hybridized carbons (Fsp3) is 0.400. The van der Waals surface area contributed by atoms with Crippen LogP contribution >= 0.6 is 0 Å². The summed E-state index contributed by atoms with van der Waals surface area (Å²) in [6.07, 6.45) is 3.41. The third kappa shape index (κ3) is 1.52. The van der Waals surface area contributed by atoms with Crippen molar-refractivity contribution in [2.75, 3.05) is 0 Å². The zero-order valence-corrected chi connectivity index (χ0v) is 7.55. The van der Waals surface area contributed by atoms with E-state index in [0.29, 0.717) is 0 Å². The van der Waals surface area contributed by atoms with Gasteiger partial charge in [-0.15, -0.1) is 0 Å². The molecule has 2 nitrogen and oxygen atoms in total. The van der Waals surface area contributed by atoms with Gasteiger partial charge < -0.3 is 0 Å². The molecule has 12 heavy (non-hydrogen) atoms. The molecule has 1 atom stereocenters. The van der Waals surface area contributed by atoms with E-state index in [1.807, 2.05) is 19.9 Å². The molecule has 0 spiro atoms. The minimum atomic E-state index is -0.520. The first-order valence-corrected chi connectivity index (χ1v) is 3.93. The molecule has 0 radical (unpaired) electrons. The largest absolute Gasteiger partial charge is 0.299 e. The molecule has 0 aromatic heterocycles. The number of rotatable bonds is 1. The highest BCUT2D eigenvalue weighted by Crippen LogP contribution is 2.21. The van der Waals surface area contributed by atoms with Gasteiger partial charge in [-0.3, -0.25) is 9.59 Å². The van der Waals surface area contributed by atoms with E-state index in [1.165, 1.54) is 13.0 Å². The summed E-state index contributed by atoms with van der Waals surface area (Å²) in [6, 6.07) is 0. The Morgan fingerprint density at radius 1 is 1.33 bits per heavy atom. The van der Waals surface area contributed by atoms with E-state index in [4.69, 9.17) is 0 Å². The molecule has 0 amide bonds. The average Bonchev–Trinajstić information content (AvgIpc) is 1.82. The molecular weight excluding hydrogens is 152 g/mol. The fourth-order valence-corrected chi connectivity index (χ4v) is 1.54. The third-order valence-electron chi connectivity index (χ3n) is 1.97. The Morgan fingerprint density at radius 3 is 2.33 bits per heavy atom. The molecule has 0 saturated heterocycles. The predicted molar refractivity (Wildman–Crippen MR) is 46.7 cm³/mol. The number of hydrogen-bond acceptors (Lipinski definition) is 2. The van der Waals surface area contributed by atoms with Gasteiger partial charge in [0.25, 0.3) is 0 Å². The molecule has 1 rings (SSSR count). The molecule has 0 aliphatic heterocycles. The van der Waals surface area contributed by atoms with Crippen molar-refractivity contribution in [2.45, 2.75) is 20.8 Å². The summed E-state index contributed by atoms with van der Waals surface area (Å²) in [6.45, 7) is 5.13. The standard InChI is InChI=1S/C10H12O2/c1-6-4-7(2)10(8(3)11)9(12)5-6/h4-5,10H,1-3H3. The van der Waals surface area contributed by atoms with Crippen molar-refractivity contribution in [3.63, 3.8) is 0 Å². The van der Waals surface area contributed by atoms with Crippen molar-refractivity contribution in [3.05, 3.63) is 23.3 Å². The van der Waals surface area contributed by atoms with E-state index in [1.54, 1.807) is 0 Å². The summed E-state index contributed by atoms with van der Waals surface area (Å²) in [4.78, 5) is 22.4. The zero-order chi connectivity index (χ0) is 9.30. The number of allylic oxidation sites excluding steroid dienone is 4. The van der Waals surface area contributed by atoms with Crippen molar-refractivity contribution in [1.82, 2.24) is 0 Å². The van der Waals surface area contributed by atoms with Gasteiger partial charge in [-0.2, -0.15) is 0 Å². The lowest BCUT2D eigenvalue weighted by atomic mass is 9.86. The van der Waals surface area contributed by atoms with Crippen LogP contribution in [0.2, 0.25) is 0 Å². The molecule has 64 valence electrons. The number of ketones is 2. The van der Waals surface area contributed by atoms with Crippen LogP contribution in [-0.2, 0) is 9.59 Å². The van der Waals surface area contributed by atoms with Crippen molar-refractivity contribution in [2.24, 2.45) is 5.92 Å². The predicted octanol–water partition coefficient (Wildman–Crippen LogP) is 1.67. The van der Waals surface area contributed by atoms with E-state index >= 15 is 0 Å². The van der Waals surface area contributed by atoms with Gasteiger partial charge in [0.1, 0.15) is 11.7 Å². The SMILES string of the molecule is CC(=O)C1C(=O)C=C(C)C=C1C. The third-order valence-corrected chi connectivity index (χ3v) is 1.97. The monoisotopic (exact) mass is 164 g/mol. The van der Waals surface area contributed by atoms with Crippen LogP contribution in [-0.4, -0.2) is 11.6 Å². The van der Waals surface area contributed by atoms with E-state index in [2.05, 4.69) is 0 Å². The molecule has 1 aliphatic rings. The second-order valence-corrected chi connectivity index (χ2v) is 3.22. The maximum absolute atomic E-state index is 11.3. The van der Waals surface area contributed by atoms with E-state index in [9.17, 15) is 9.59 Å². The summed E-state index contributed by atoms with van der Waals surface area (Å²) in [5.41, 5.74) is 1.78. The van der Waals surface area contributed by atoms with Crippen molar-refractivity contribution in [3.8, 4) is 0 Å². The van der Waals surface area contributed by atoms with Gasteiger partial charge in [0.15, 0.2) is 5.78 Å². The van der Waals surface area contributed by atoms with E-state index in [0.717, 1.165) is 11.1 Å². The Morgan fingerprint density at radius 2 is 1.92 bits per heavy atom. The summed E-state index contributed by atoms with van der Waals surface area (Å²) < 4.78 is 0. The summed E-state index contributed by atoms with van der Waals surface area (Å²) in [5, 5.41) is 0. The Bertz CT molecular complexity index is 295. The lowest BCUT2D eigenvalue weighted by Crippen LogP contribution is -2.23. The molecule has 0 aromatic rings. The van der Waals surface area contributed by atoms with Crippen LogP contribution in [0.15, 0.2) is 23.3 Å². The van der Waals surface area contributed by atoms with Crippen LogP contribution in [0.5, 0.6) is 0 Å². The maximum atomic E-state index is 11.3. The highest BCUT2D eigenvalue weighted by molar-refractivity contribution is 6.10. The van der Waals surface area contributed by atoms with E-state index < -0.39 is 5.92 Å². The minimum Gasteiger partial charge on any atom is -0.299 e. The van der Waals surface area contributed by atoms with Gasteiger partial charge in [-0.05, 0) is 32.4 Å². The molecule has 0 aromatic carbocycles. The second kappa shape index (κ2) is 3.05. The smallest absolute Gasteiger partial charge is 0.170 e. The molecule has 0 heterocycles. The molecule has 0 saturated carbocycles. The van der Waals surface area contributed by atoms with Crippen LogP contribution in [0.25, 0.3) is 0 Å². The Balaban J connectivity index is 3.03. The Hall–Kier alpha value is -1.18. The summed E-state index contributed by atoms with van der Waals surface area (Å²) in [7, 11) is 0. The summed E-state index contributed by atoms with van der Waals surface area (Å²) >= 11 is 0. The van der Waals surface area contributed by atoms with Gasteiger partial charge in [0, 0.05) is 0 Å².